The number of aliphatic imine (C=N–C) groups is 1. The highest BCUT2D eigenvalue weighted by atomic mass is 19.1. The summed E-state index contributed by atoms with van der Waals surface area (Å²) in [7, 11) is 5.37. The zero-order valence-electron chi connectivity index (χ0n) is 13.2. The third kappa shape index (κ3) is 5.07. The number of benzene rings is 1. The molecule has 0 amide bonds. The van der Waals surface area contributed by atoms with Crippen LogP contribution in [-0.2, 0) is 6.54 Å². The summed E-state index contributed by atoms with van der Waals surface area (Å²) in [6.45, 7) is 6.71. The molecular weight excluding hydrogens is 255 g/mol. The number of hydrogen-bond acceptors (Lipinski definition) is 2. The van der Waals surface area contributed by atoms with Crippen molar-refractivity contribution in [3.63, 3.8) is 0 Å². The van der Waals surface area contributed by atoms with Crippen LogP contribution in [0.15, 0.2) is 23.2 Å². The monoisotopic (exact) mass is 280 g/mol. The van der Waals surface area contributed by atoms with E-state index in [0.717, 1.165) is 5.56 Å². The first-order valence-corrected chi connectivity index (χ1v) is 6.67. The van der Waals surface area contributed by atoms with Crippen LogP contribution in [0.5, 0.6) is 0 Å². The van der Waals surface area contributed by atoms with Gasteiger partial charge in [-0.15, -0.1) is 0 Å². The summed E-state index contributed by atoms with van der Waals surface area (Å²) in [5, 5.41) is 6.43. The van der Waals surface area contributed by atoms with Crippen LogP contribution in [0.4, 0.5) is 10.1 Å². The van der Waals surface area contributed by atoms with Gasteiger partial charge in [0.1, 0.15) is 5.82 Å². The molecule has 1 aromatic carbocycles. The number of halogens is 1. The van der Waals surface area contributed by atoms with E-state index in [1.165, 1.54) is 0 Å². The van der Waals surface area contributed by atoms with Crippen molar-refractivity contribution in [1.29, 1.82) is 0 Å². The minimum absolute atomic E-state index is 0.0676. The largest absolute Gasteiger partial charge is 0.375 e. The van der Waals surface area contributed by atoms with E-state index in [4.69, 9.17) is 0 Å². The van der Waals surface area contributed by atoms with Gasteiger partial charge in [0, 0.05) is 33.2 Å². The summed E-state index contributed by atoms with van der Waals surface area (Å²) in [5.74, 6) is 0.489. The zero-order chi connectivity index (χ0) is 15.3. The maximum absolute atomic E-state index is 13.9. The van der Waals surface area contributed by atoms with Gasteiger partial charge in [-0.3, -0.25) is 4.99 Å². The summed E-state index contributed by atoms with van der Waals surface area (Å²) in [6.07, 6.45) is 0. The van der Waals surface area contributed by atoms with Gasteiger partial charge in [0.2, 0.25) is 0 Å². The van der Waals surface area contributed by atoms with Crippen molar-refractivity contribution in [3.8, 4) is 0 Å². The molecule has 0 aliphatic rings. The van der Waals surface area contributed by atoms with E-state index in [1.54, 1.807) is 24.1 Å². The Bertz CT molecular complexity index is 475. The van der Waals surface area contributed by atoms with Crippen molar-refractivity contribution in [3.05, 3.63) is 29.6 Å². The highest BCUT2D eigenvalue weighted by Gasteiger charge is 2.12. The van der Waals surface area contributed by atoms with E-state index in [-0.39, 0.29) is 11.4 Å². The van der Waals surface area contributed by atoms with Gasteiger partial charge < -0.3 is 15.5 Å². The first-order chi connectivity index (χ1) is 9.23. The van der Waals surface area contributed by atoms with Crippen molar-refractivity contribution < 1.29 is 4.39 Å². The summed E-state index contributed by atoms with van der Waals surface area (Å²) in [5.41, 5.74) is 1.40. The smallest absolute Gasteiger partial charge is 0.191 e. The predicted molar refractivity (Wildman–Crippen MR) is 83.8 cm³/mol. The molecule has 0 aromatic heterocycles. The minimum atomic E-state index is -0.215. The van der Waals surface area contributed by atoms with Crippen molar-refractivity contribution in [1.82, 2.24) is 10.6 Å². The molecule has 4 nitrogen and oxygen atoms in total. The quantitative estimate of drug-likeness (QED) is 0.659. The maximum atomic E-state index is 13.9. The molecule has 112 valence electrons. The van der Waals surface area contributed by atoms with Gasteiger partial charge in [0.25, 0.3) is 0 Å². The summed E-state index contributed by atoms with van der Waals surface area (Å²) in [6, 6.07) is 5.24. The normalized spacial score (nSPS) is 12.2. The molecule has 0 unspecified atom stereocenters. The second-order valence-electron chi connectivity index (χ2n) is 5.98. The number of nitrogens with zero attached hydrogens (tertiary/aromatic N) is 2. The fourth-order valence-corrected chi connectivity index (χ4v) is 1.74. The van der Waals surface area contributed by atoms with Crippen LogP contribution in [0.25, 0.3) is 0 Å². The molecule has 1 rings (SSSR count). The average Bonchev–Trinajstić information content (AvgIpc) is 2.32. The molecule has 0 radical (unpaired) electrons. The number of rotatable bonds is 3. The average molecular weight is 280 g/mol. The third-order valence-corrected chi connectivity index (χ3v) is 2.67. The SMILES string of the molecule is CN=C(NCc1ccc(N(C)C)c(F)c1)NC(C)(C)C. The first kappa shape index (κ1) is 16.3. The van der Waals surface area contributed by atoms with E-state index in [2.05, 4.69) is 36.4 Å². The lowest BCUT2D eigenvalue weighted by Crippen LogP contribution is -2.47. The van der Waals surface area contributed by atoms with Crippen molar-refractivity contribution in [2.45, 2.75) is 32.9 Å². The zero-order valence-corrected chi connectivity index (χ0v) is 13.2. The lowest BCUT2D eigenvalue weighted by Gasteiger charge is -2.24. The Morgan fingerprint density at radius 3 is 2.40 bits per heavy atom. The Hall–Kier alpha value is -1.78. The number of nitrogens with one attached hydrogen (secondary N) is 2. The molecule has 0 spiro atoms. The van der Waals surface area contributed by atoms with E-state index in [0.29, 0.717) is 18.2 Å². The lowest BCUT2D eigenvalue weighted by molar-refractivity contribution is 0.501. The Kier molecular flexibility index (Phi) is 5.36. The topological polar surface area (TPSA) is 39.7 Å². The van der Waals surface area contributed by atoms with Crippen LogP contribution in [0.3, 0.4) is 0 Å². The highest BCUT2D eigenvalue weighted by Crippen LogP contribution is 2.18. The van der Waals surface area contributed by atoms with Crippen LogP contribution in [0.2, 0.25) is 0 Å². The van der Waals surface area contributed by atoms with Crippen LogP contribution < -0.4 is 15.5 Å². The molecule has 0 heterocycles. The van der Waals surface area contributed by atoms with E-state index in [9.17, 15) is 4.39 Å². The molecule has 0 saturated carbocycles. The Morgan fingerprint density at radius 2 is 1.95 bits per heavy atom. The van der Waals surface area contributed by atoms with Gasteiger partial charge >= 0.3 is 0 Å². The predicted octanol–water partition coefficient (Wildman–Crippen LogP) is 2.36. The van der Waals surface area contributed by atoms with Gasteiger partial charge in [-0.25, -0.2) is 4.39 Å². The molecule has 1 aromatic rings. The molecule has 0 atom stereocenters. The van der Waals surface area contributed by atoms with Gasteiger partial charge in [-0.1, -0.05) is 6.07 Å². The maximum Gasteiger partial charge on any atom is 0.191 e. The summed E-state index contributed by atoms with van der Waals surface area (Å²) < 4.78 is 13.9. The van der Waals surface area contributed by atoms with E-state index < -0.39 is 0 Å². The van der Waals surface area contributed by atoms with E-state index >= 15 is 0 Å². The number of hydrogen-bond donors (Lipinski definition) is 2. The Balaban J connectivity index is 2.68. The summed E-state index contributed by atoms with van der Waals surface area (Å²) >= 11 is 0. The molecule has 0 aliphatic heterocycles. The fourth-order valence-electron chi connectivity index (χ4n) is 1.74. The first-order valence-electron chi connectivity index (χ1n) is 6.67. The molecule has 0 saturated heterocycles. The van der Waals surface area contributed by atoms with Gasteiger partial charge in [-0.05, 0) is 38.5 Å². The van der Waals surface area contributed by atoms with Crippen molar-refractivity contribution in [2.75, 3.05) is 26.0 Å². The second-order valence-corrected chi connectivity index (χ2v) is 5.98. The molecule has 20 heavy (non-hydrogen) atoms. The van der Waals surface area contributed by atoms with Gasteiger partial charge in [0.05, 0.1) is 5.69 Å². The Morgan fingerprint density at radius 1 is 1.30 bits per heavy atom. The van der Waals surface area contributed by atoms with Crippen molar-refractivity contribution >= 4 is 11.6 Å². The standard InChI is InChI=1S/C15H25FN4/c1-15(2,3)19-14(17-4)18-10-11-7-8-13(20(5)6)12(16)9-11/h7-9H,10H2,1-6H3,(H2,17,18,19). The molecule has 0 bridgehead atoms. The van der Waals surface area contributed by atoms with Crippen LogP contribution in [-0.4, -0.2) is 32.6 Å². The van der Waals surface area contributed by atoms with Crippen LogP contribution in [0, 0.1) is 5.82 Å². The number of anilines is 1. The third-order valence-electron chi connectivity index (χ3n) is 2.67. The molecule has 0 fully saturated rings. The summed E-state index contributed by atoms with van der Waals surface area (Å²) in [4.78, 5) is 5.91. The highest BCUT2D eigenvalue weighted by molar-refractivity contribution is 5.80. The van der Waals surface area contributed by atoms with E-state index in [1.807, 2.05) is 20.2 Å². The van der Waals surface area contributed by atoms with Gasteiger partial charge in [0.15, 0.2) is 5.96 Å². The fraction of sp³-hybridized carbons (Fsp3) is 0.533. The number of guanidine groups is 1. The molecule has 0 aliphatic carbocycles. The minimum Gasteiger partial charge on any atom is -0.375 e. The lowest BCUT2D eigenvalue weighted by atomic mass is 10.1. The molecular formula is C15H25FN4. The second kappa shape index (κ2) is 6.59. The molecule has 5 heteroatoms. The van der Waals surface area contributed by atoms with Crippen LogP contribution >= 0.6 is 0 Å². The van der Waals surface area contributed by atoms with Gasteiger partial charge in [-0.2, -0.15) is 0 Å². The molecule has 2 N–H and O–H groups in total. The van der Waals surface area contributed by atoms with Crippen LogP contribution in [0.1, 0.15) is 26.3 Å². The van der Waals surface area contributed by atoms with Crippen molar-refractivity contribution in [2.24, 2.45) is 4.99 Å². The Labute approximate surface area is 121 Å².